The Labute approximate surface area is 55.0 Å². The molecule has 0 aromatic carbocycles. The fourth-order valence-electron chi connectivity index (χ4n) is 0.427. The topological polar surface area (TPSA) is 27.3 Å². The first-order valence-electron chi connectivity index (χ1n) is 2.37. The van der Waals surface area contributed by atoms with Gasteiger partial charge in [0, 0.05) is 14.1 Å². The van der Waals surface area contributed by atoms with E-state index >= 15 is 0 Å². The zero-order valence-electron chi connectivity index (χ0n) is 5.36. The van der Waals surface area contributed by atoms with Gasteiger partial charge in [0.15, 0.2) is 0 Å². The van der Waals surface area contributed by atoms with Crippen LogP contribution in [0.25, 0.3) is 0 Å². The minimum absolute atomic E-state index is 0.773. The second-order valence-corrected chi connectivity index (χ2v) is 1.89. The molecule has 0 amide bonds. The van der Waals surface area contributed by atoms with Crippen molar-refractivity contribution < 1.29 is 0 Å². The maximum Gasteiger partial charge on any atom is 0.107 e. The van der Waals surface area contributed by atoms with Crippen molar-refractivity contribution in [3.63, 3.8) is 0 Å². The van der Waals surface area contributed by atoms with Gasteiger partial charge >= 0.3 is 0 Å². The standard InChI is InChI=1S/C4H11N3S/c1-4(8)7(5-2)6-3/h5-6H,1-3H3. The molecule has 48 valence electrons. The van der Waals surface area contributed by atoms with Crippen molar-refractivity contribution in [3.8, 4) is 0 Å². The van der Waals surface area contributed by atoms with Gasteiger partial charge in [-0.2, -0.15) is 0 Å². The first-order chi connectivity index (χ1) is 3.72. The van der Waals surface area contributed by atoms with E-state index in [-0.39, 0.29) is 0 Å². The monoisotopic (exact) mass is 133 g/mol. The fraction of sp³-hybridized carbons (Fsp3) is 0.750. The van der Waals surface area contributed by atoms with E-state index in [4.69, 9.17) is 12.2 Å². The number of nitrogens with zero attached hydrogens (tertiary/aromatic N) is 1. The Balaban J connectivity index is 3.52. The van der Waals surface area contributed by atoms with Crippen molar-refractivity contribution in [2.45, 2.75) is 6.92 Å². The predicted molar refractivity (Wildman–Crippen MR) is 38.2 cm³/mol. The Morgan fingerprint density at radius 3 is 1.75 bits per heavy atom. The van der Waals surface area contributed by atoms with Crippen LogP contribution >= 0.6 is 12.2 Å². The zero-order valence-corrected chi connectivity index (χ0v) is 6.17. The number of hydrazine groups is 2. The Hall–Kier alpha value is -0.190. The Kier molecular flexibility index (Phi) is 3.68. The molecule has 8 heavy (non-hydrogen) atoms. The molecular formula is C4H11N3S. The van der Waals surface area contributed by atoms with Crippen LogP contribution in [-0.4, -0.2) is 24.2 Å². The van der Waals surface area contributed by atoms with Gasteiger partial charge < -0.3 is 0 Å². The Morgan fingerprint density at radius 1 is 1.38 bits per heavy atom. The maximum atomic E-state index is 4.82. The molecule has 0 atom stereocenters. The van der Waals surface area contributed by atoms with Gasteiger partial charge in [-0.25, -0.2) is 16.0 Å². The molecule has 0 bridgehead atoms. The van der Waals surface area contributed by atoms with Crippen molar-refractivity contribution in [3.05, 3.63) is 0 Å². The second-order valence-electron chi connectivity index (χ2n) is 1.30. The lowest BCUT2D eigenvalue weighted by molar-refractivity contribution is 0.270. The summed E-state index contributed by atoms with van der Waals surface area (Å²) in [6.07, 6.45) is 0. The molecule has 0 saturated heterocycles. The maximum absolute atomic E-state index is 4.82. The number of nitrogens with one attached hydrogen (secondary N) is 2. The summed E-state index contributed by atoms with van der Waals surface area (Å²) in [6, 6.07) is 0. The minimum Gasteiger partial charge on any atom is -0.236 e. The molecule has 0 aliphatic heterocycles. The molecule has 0 radical (unpaired) electrons. The molecule has 0 aromatic heterocycles. The van der Waals surface area contributed by atoms with Gasteiger partial charge in [0.05, 0.1) is 0 Å². The Morgan fingerprint density at radius 2 is 1.75 bits per heavy atom. The molecule has 3 nitrogen and oxygen atoms in total. The summed E-state index contributed by atoms with van der Waals surface area (Å²) in [5, 5.41) is 1.65. The lowest BCUT2D eigenvalue weighted by Crippen LogP contribution is -2.46. The third-order valence-corrected chi connectivity index (χ3v) is 0.945. The van der Waals surface area contributed by atoms with Gasteiger partial charge in [-0.05, 0) is 6.92 Å². The van der Waals surface area contributed by atoms with E-state index in [0.717, 1.165) is 4.99 Å². The quantitative estimate of drug-likeness (QED) is 0.406. The van der Waals surface area contributed by atoms with Crippen molar-refractivity contribution in [2.24, 2.45) is 0 Å². The number of hydrogen-bond acceptors (Lipinski definition) is 3. The molecule has 0 saturated carbocycles. The smallest absolute Gasteiger partial charge is 0.107 e. The van der Waals surface area contributed by atoms with Crippen LogP contribution in [0.15, 0.2) is 0 Å². The molecule has 2 N–H and O–H groups in total. The average Bonchev–Trinajstić information content (AvgIpc) is 1.69. The van der Waals surface area contributed by atoms with Crippen LogP contribution in [0.2, 0.25) is 0 Å². The molecule has 0 aliphatic rings. The summed E-state index contributed by atoms with van der Waals surface area (Å²) < 4.78 is 0. The van der Waals surface area contributed by atoms with E-state index in [1.807, 2.05) is 6.92 Å². The molecule has 0 aliphatic carbocycles. The molecule has 0 unspecified atom stereocenters. The highest BCUT2D eigenvalue weighted by atomic mass is 32.1. The summed E-state index contributed by atoms with van der Waals surface area (Å²) in [5.41, 5.74) is 5.66. The van der Waals surface area contributed by atoms with Gasteiger partial charge in [-0.15, -0.1) is 0 Å². The van der Waals surface area contributed by atoms with E-state index in [0.29, 0.717) is 0 Å². The molecule has 4 heteroatoms. The van der Waals surface area contributed by atoms with E-state index in [9.17, 15) is 0 Å². The minimum atomic E-state index is 0.773. The summed E-state index contributed by atoms with van der Waals surface area (Å²) in [5.74, 6) is 0. The SMILES string of the molecule is CNN(NC)C(C)=S. The van der Waals surface area contributed by atoms with Gasteiger partial charge in [0.25, 0.3) is 0 Å². The average molecular weight is 133 g/mol. The molecule has 0 fully saturated rings. The van der Waals surface area contributed by atoms with Gasteiger partial charge in [-0.1, -0.05) is 12.2 Å². The van der Waals surface area contributed by atoms with Gasteiger partial charge in [0.2, 0.25) is 0 Å². The highest BCUT2D eigenvalue weighted by Crippen LogP contribution is 1.76. The van der Waals surface area contributed by atoms with Crippen LogP contribution in [-0.2, 0) is 0 Å². The number of rotatable bonds is 2. The first kappa shape index (κ1) is 7.81. The van der Waals surface area contributed by atoms with Crippen LogP contribution in [0.1, 0.15) is 6.92 Å². The molecule has 0 aromatic rings. The summed E-state index contributed by atoms with van der Waals surface area (Å²) in [4.78, 5) is 0.773. The molecule has 0 spiro atoms. The third kappa shape index (κ3) is 2.20. The van der Waals surface area contributed by atoms with Crippen LogP contribution < -0.4 is 10.9 Å². The van der Waals surface area contributed by atoms with Gasteiger partial charge in [-0.3, -0.25) is 0 Å². The first-order valence-corrected chi connectivity index (χ1v) is 2.78. The highest BCUT2D eigenvalue weighted by molar-refractivity contribution is 7.80. The second kappa shape index (κ2) is 3.77. The van der Waals surface area contributed by atoms with E-state index in [2.05, 4.69) is 10.9 Å². The van der Waals surface area contributed by atoms with Crippen LogP contribution in [0, 0.1) is 0 Å². The highest BCUT2D eigenvalue weighted by Gasteiger charge is 1.94. The molecular weight excluding hydrogens is 122 g/mol. The van der Waals surface area contributed by atoms with E-state index in [1.165, 1.54) is 0 Å². The zero-order chi connectivity index (χ0) is 6.57. The van der Waals surface area contributed by atoms with Crippen LogP contribution in [0.3, 0.4) is 0 Å². The van der Waals surface area contributed by atoms with Crippen molar-refractivity contribution in [1.82, 2.24) is 16.0 Å². The van der Waals surface area contributed by atoms with E-state index < -0.39 is 0 Å². The van der Waals surface area contributed by atoms with Crippen molar-refractivity contribution >= 4 is 17.2 Å². The van der Waals surface area contributed by atoms with Gasteiger partial charge in [0.1, 0.15) is 4.99 Å². The lowest BCUT2D eigenvalue weighted by atomic mass is 10.8. The Bertz CT molecular complexity index is 79.4. The van der Waals surface area contributed by atoms with Crippen LogP contribution in [0.4, 0.5) is 0 Å². The normalized spacial score (nSPS) is 8.88. The fourth-order valence-corrected chi connectivity index (χ4v) is 0.609. The number of hydrogen-bond donors (Lipinski definition) is 2. The molecule has 0 heterocycles. The summed E-state index contributed by atoms with van der Waals surface area (Å²) in [6.45, 7) is 1.84. The van der Waals surface area contributed by atoms with Crippen LogP contribution in [0.5, 0.6) is 0 Å². The largest absolute Gasteiger partial charge is 0.236 e. The van der Waals surface area contributed by atoms with Crippen molar-refractivity contribution in [1.29, 1.82) is 0 Å². The summed E-state index contributed by atoms with van der Waals surface area (Å²) in [7, 11) is 3.60. The number of thiocarbonyl (C=S) groups is 1. The molecule has 0 rings (SSSR count). The third-order valence-electron chi connectivity index (χ3n) is 0.762. The predicted octanol–water partition coefficient (Wildman–Crippen LogP) is -0.0955. The summed E-state index contributed by atoms with van der Waals surface area (Å²) >= 11 is 4.82. The van der Waals surface area contributed by atoms with E-state index in [1.54, 1.807) is 19.2 Å². The van der Waals surface area contributed by atoms with Crippen molar-refractivity contribution in [2.75, 3.05) is 14.1 Å². The lowest BCUT2D eigenvalue weighted by Gasteiger charge is -2.19.